The van der Waals surface area contributed by atoms with E-state index in [0.717, 1.165) is 25.0 Å². The molecule has 5 nitrogen and oxygen atoms in total. The number of ether oxygens (including phenoxy) is 1. The number of amides is 1. The van der Waals surface area contributed by atoms with Crippen molar-refractivity contribution in [3.8, 4) is 11.8 Å². The zero-order chi connectivity index (χ0) is 15.5. The minimum atomic E-state index is -0.413. The van der Waals surface area contributed by atoms with Crippen LogP contribution in [-0.4, -0.2) is 36.0 Å². The summed E-state index contributed by atoms with van der Waals surface area (Å²) < 4.78 is 5.24. The normalized spacial score (nSPS) is 21.7. The monoisotopic (exact) mass is 287 g/mol. The Morgan fingerprint density at radius 1 is 1.62 bits per heavy atom. The van der Waals surface area contributed by atoms with E-state index in [1.807, 2.05) is 13.8 Å². The Hall–Kier alpha value is -2.09. The van der Waals surface area contributed by atoms with Crippen LogP contribution in [0.25, 0.3) is 0 Å². The third-order valence-corrected chi connectivity index (χ3v) is 4.23. The lowest BCUT2D eigenvalue weighted by Gasteiger charge is -2.38. The molecule has 112 valence electrons. The summed E-state index contributed by atoms with van der Waals surface area (Å²) in [5, 5.41) is 9.43. The molecule has 1 aromatic rings. The van der Waals surface area contributed by atoms with Gasteiger partial charge in [0.1, 0.15) is 5.75 Å². The molecule has 1 unspecified atom stereocenters. The van der Waals surface area contributed by atoms with Crippen LogP contribution in [0, 0.1) is 23.7 Å². The van der Waals surface area contributed by atoms with Gasteiger partial charge in [-0.05, 0) is 32.3 Å². The molecule has 0 radical (unpaired) electrons. The molecule has 0 bridgehead atoms. The van der Waals surface area contributed by atoms with Crippen LogP contribution in [0.4, 0.5) is 0 Å². The van der Waals surface area contributed by atoms with Crippen molar-refractivity contribution in [2.45, 2.75) is 33.1 Å². The molecular weight excluding hydrogens is 266 g/mol. The van der Waals surface area contributed by atoms with Gasteiger partial charge in [0.05, 0.1) is 30.4 Å². The first-order valence-electron chi connectivity index (χ1n) is 7.26. The van der Waals surface area contributed by atoms with Crippen molar-refractivity contribution in [2.24, 2.45) is 5.41 Å². The predicted molar refractivity (Wildman–Crippen MR) is 79.0 cm³/mol. The van der Waals surface area contributed by atoms with Gasteiger partial charge in [0.2, 0.25) is 0 Å². The van der Waals surface area contributed by atoms with E-state index in [0.29, 0.717) is 24.4 Å². The molecule has 1 saturated heterocycles. The van der Waals surface area contributed by atoms with Crippen LogP contribution >= 0.6 is 0 Å². The SMILES string of the molecule is CCC1(C#N)CCCN(C(=O)c2cc(C)ncc2OC)C1. The Morgan fingerprint density at radius 2 is 2.38 bits per heavy atom. The summed E-state index contributed by atoms with van der Waals surface area (Å²) >= 11 is 0. The highest BCUT2D eigenvalue weighted by Gasteiger charge is 2.36. The topological polar surface area (TPSA) is 66.2 Å². The van der Waals surface area contributed by atoms with E-state index in [9.17, 15) is 10.1 Å². The number of aryl methyl sites for hydroxylation is 1. The molecule has 1 atom stereocenters. The lowest BCUT2D eigenvalue weighted by Crippen LogP contribution is -2.45. The number of rotatable bonds is 3. The number of methoxy groups -OCH3 is 1. The first-order chi connectivity index (χ1) is 10.0. The van der Waals surface area contributed by atoms with E-state index in [2.05, 4.69) is 11.1 Å². The molecular formula is C16H21N3O2. The van der Waals surface area contributed by atoms with Gasteiger partial charge in [-0.25, -0.2) is 0 Å². The number of piperidine rings is 1. The van der Waals surface area contributed by atoms with Gasteiger partial charge in [-0.15, -0.1) is 0 Å². The van der Waals surface area contributed by atoms with E-state index in [-0.39, 0.29) is 5.91 Å². The van der Waals surface area contributed by atoms with Gasteiger partial charge in [0, 0.05) is 18.8 Å². The zero-order valence-corrected chi connectivity index (χ0v) is 12.8. The minimum absolute atomic E-state index is 0.0786. The number of nitrogens with zero attached hydrogens (tertiary/aromatic N) is 3. The van der Waals surface area contributed by atoms with Crippen molar-refractivity contribution in [1.29, 1.82) is 5.26 Å². The van der Waals surface area contributed by atoms with Gasteiger partial charge in [-0.2, -0.15) is 5.26 Å². The molecule has 1 fully saturated rings. The van der Waals surface area contributed by atoms with Crippen LogP contribution in [0.2, 0.25) is 0 Å². The van der Waals surface area contributed by atoms with E-state index >= 15 is 0 Å². The summed E-state index contributed by atoms with van der Waals surface area (Å²) in [6.45, 7) is 5.03. The van der Waals surface area contributed by atoms with Crippen molar-refractivity contribution in [3.05, 3.63) is 23.5 Å². The number of carbonyl (C=O) groups is 1. The van der Waals surface area contributed by atoms with Crippen LogP contribution in [0.5, 0.6) is 5.75 Å². The van der Waals surface area contributed by atoms with Gasteiger partial charge in [0.15, 0.2) is 0 Å². The Labute approximate surface area is 125 Å². The van der Waals surface area contributed by atoms with E-state index < -0.39 is 5.41 Å². The first kappa shape index (κ1) is 15.3. The molecule has 0 aliphatic carbocycles. The predicted octanol–water partition coefficient (Wildman–Crippen LogP) is 2.55. The molecule has 0 aromatic carbocycles. The van der Waals surface area contributed by atoms with E-state index in [1.165, 1.54) is 7.11 Å². The van der Waals surface area contributed by atoms with Crippen molar-refractivity contribution in [2.75, 3.05) is 20.2 Å². The molecule has 1 aliphatic heterocycles. The fourth-order valence-corrected chi connectivity index (χ4v) is 2.81. The van der Waals surface area contributed by atoms with Gasteiger partial charge in [0.25, 0.3) is 5.91 Å². The smallest absolute Gasteiger partial charge is 0.257 e. The fourth-order valence-electron chi connectivity index (χ4n) is 2.81. The molecule has 0 N–H and O–H groups in total. The number of hydrogen-bond acceptors (Lipinski definition) is 4. The Bertz CT molecular complexity index is 579. The Morgan fingerprint density at radius 3 is 3.00 bits per heavy atom. The van der Waals surface area contributed by atoms with Crippen molar-refractivity contribution >= 4 is 5.91 Å². The molecule has 2 heterocycles. The molecule has 5 heteroatoms. The maximum atomic E-state index is 12.8. The molecule has 21 heavy (non-hydrogen) atoms. The maximum absolute atomic E-state index is 12.8. The average molecular weight is 287 g/mol. The number of likely N-dealkylation sites (tertiary alicyclic amines) is 1. The molecule has 1 aliphatic rings. The highest BCUT2D eigenvalue weighted by atomic mass is 16.5. The minimum Gasteiger partial charge on any atom is -0.494 e. The second-order valence-corrected chi connectivity index (χ2v) is 5.60. The van der Waals surface area contributed by atoms with Crippen molar-refractivity contribution in [3.63, 3.8) is 0 Å². The van der Waals surface area contributed by atoms with Crippen LogP contribution in [-0.2, 0) is 0 Å². The van der Waals surface area contributed by atoms with Crippen LogP contribution in [0.3, 0.4) is 0 Å². The van der Waals surface area contributed by atoms with E-state index in [4.69, 9.17) is 4.74 Å². The standard InChI is InChI=1S/C16H21N3O2/c1-4-16(10-17)6-5-7-19(11-16)15(20)13-8-12(2)18-9-14(13)21-3/h8-9H,4-7,11H2,1-3H3. The lowest BCUT2D eigenvalue weighted by molar-refractivity contribution is 0.0601. The second kappa shape index (κ2) is 6.13. The fraction of sp³-hybridized carbons (Fsp3) is 0.562. The summed E-state index contributed by atoms with van der Waals surface area (Å²) in [4.78, 5) is 18.7. The molecule has 1 aromatic heterocycles. The Balaban J connectivity index is 2.28. The van der Waals surface area contributed by atoms with E-state index in [1.54, 1.807) is 17.2 Å². The maximum Gasteiger partial charge on any atom is 0.257 e. The molecule has 2 rings (SSSR count). The van der Waals surface area contributed by atoms with Crippen molar-refractivity contribution in [1.82, 2.24) is 9.88 Å². The number of hydrogen-bond donors (Lipinski definition) is 0. The highest BCUT2D eigenvalue weighted by molar-refractivity contribution is 5.97. The summed E-state index contributed by atoms with van der Waals surface area (Å²) in [6.07, 6.45) is 4.06. The third kappa shape index (κ3) is 2.99. The quantitative estimate of drug-likeness (QED) is 0.857. The first-order valence-corrected chi connectivity index (χ1v) is 7.26. The number of pyridine rings is 1. The van der Waals surface area contributed by atoms with Crippen LogP contribution < -0.4 is 4.74 Å². The largest absolute Gasteiger partial charge is 0.494 e. The van der Waals surface area contributed by atoms with Gasteiger partial charge in [-0.1, -0.05) is 6.92 Å². The number of nitriles is 1. The number of carbonyl (C=O) groups excluding carboxylic acids is 1. The summed E-state index contributed by atoms with van der Waals surface area (Å²) in [5.74, 6) is 0.403. The Kier molecular flexibility index (Phi) is 4.46. The molecule has 0 spiro atoms. The zero-order valence-electron chi connectivity index (χ0n) is 12.8. The molecule has 1 amide bonds. The third-order valence-electron chi connectivity index (χ3n) is 4.23. The second-order valence-electron chi connectivity index (χ2n) is 5.60. The van der Waals surface area contributed by atoms with Crippen LogP contribution in [0.1, 0.15) is 42.2 Å². The van der Waals surface area contributed by atoms with Crippen LogP contribution in [0.15, 0.2) is 12.3 Å². The number of aromatic nitrogens is 1. The van der Waals surface area contributed by atoms with Gasteiger partial charge < -0.3 is 9.64 Å². The average Bonchev–Trinajstić information content (AvgIpc) is 2.54. The van der Waals surface area contributed by atoms with Gasteiger partial charge in [-0.3, -0.25) is 9.78 Å². The lowest BCUT2D eigenvalue weighted by atomic mass is 9.79. The van der Waals surface area contributed by atoms with Crippen molar-refractivity contribution < 1.29 is 9.53 Å². The summed E-state index contributed by atoms with van der Waals surface area (Å²) in [7, 11) is 1.53. The highest BCUT2D eigenvalue weighted by Crippen LogP contribution is 2.33. The molecule has 0 saturated carbocycles. The summed E-state index contributed by atoms with van der Waals surface area (Å²) in [5.41, 5.74) is 0.886. The van der Waals surface area contributed by atoms with Gasteiger partial charge >= 0.3 is 0 Å². The summed E-state index contributed by atoms with van der Waals surface area (Å²) in [6, 6.07) is 4.15.